The largest absolute Gasteiger partial charge is 0.313 e. The van der Waals surface area contributed by atoms with Gasteiger partial charge in [0.15, 0.2) is 7.14 Å². The Bertz CT molecular complexity index is 647. The molecule has 23 heavy (non-hydrogen) atoms. The van der Waals surface area contributed by atoms with Crippen LogP contribution in [0.5, 0.6) is 0 Å². The number of hydrogen-bond donors (Lipinski definition) is 0. The highest BCUT2D eigenvalue weighted by molar-refractivity contribution is 7.82. The van der Waals surface area contributed by atoms with E-state index in [1.807, 2.05) is 60.7 Å². The van der Waals surface area contributed by atoms with Gasteiger partial charge in [-0.3, -0.25) is 0 Å². The predicted molar refractivity (Wildman–Crippen MR) is 102 cm³/mol. The summed E-state index contributed by atoms with van der Waals surface area (Å²) in [7, 11) is -4.40. The average molecular weight is 337 g/mol. The van der Waals surface area contributed by atoms with E-state index >= 15 is 0 Å². The maximum absolute atomic E-state index is 14.4. The van der Waals surface area contributed by atoms with Gasteiger partial charge in [-0.25, -0.2) is 0 Å². The molecule has 0 spiro atoms. The van der Waals surface area contributed by atoms with E-state index in [1.165, 1.54) is 5.54 Å². The summed E-state index contributed by atoms with van der Waals surface area (Å²) in [6, 6.07) is 19.8. The van der Waals surface area contributed by atoms with Crippen LogP contribution in [-0.2, 0) is 4.57 Å². The van der Waals surface area contributed by atoms with Crippen LogP contribution < -0.4 is 10.6 Å². The third kappa shape index (κ3) is 3.12. The van der Waals surface area contributed by atoms with Crippen LogP contribution in [0.25, 0.3) is 0 Å². The van der Waals surface area contributed by atoms with E-state index in [0.717, 1.165) is 16.3 Å². The summed E-state index contributed by atoms with van der Waals surface area (Å²) in [5, 5.41) is 1.83. The second kappa shape index (κ2) is 6.41. The van der Waals surface area contributed by atoms with Crippen LogP contribution in [0.15, 0.2) is 60.7 Å². The molecule has 0 N–H and O–H groups in total. The molecule has 2 aromatic carbocycles. The van der Waals surface area contributed by atoms with Crippen LogP contribution in [-0.4, -0.2) is 8.07 Å². The number of hydrogen-bond acceptors (Lipinski definition) is 1. The van der Waals surface area contributed by atoms with E-state index in [4.69, 9.17) is 0 Å². The summed E-state index contributed by atoms with van der Waals surface area (Å²) in [6.07, 6.45) is 6.29. The standard InChI is InChI=1S/C20H22OPSi/c1-23(2,3)20-16-10-15-19(20)22(21,17-11-6-4-7-12-17)18-13-8-5-9-14-18/h4-16H,1-3H3. The van der Waals surface area contributed by atoms with Crippen LogP contribution in [0.4, 0.5) is 0 Å². The number of rotatable bonds is 4. The SMILES string of the molecule is C[Si](C)(C)[C]1[CH][CH][CH][C]1P(=O)(c1ccccc1)c1ccccc1. The molecule has 1 nitrogen and oxygen atoms in total. The fourth-order valence-electron chi connectivity index (χ4n) is 3.02. The minimum atomic E-state index is -2.83. The normalized spacial score (nSPS) is 17.5. The fourth-order valence-corrected chi connectivity index (χ4v) is 8.70. The first-order chi connectivity index (χ1) is 10.9. The zero-order valence-corrected chi connectivity index (χ0v) is 15.8. The quantitative estimate of drug-likeness (QED) is 0.588. The molecule has 0 atom stereocenters. The lowest BCUT2D eigenvalue weighted by Crippen LogP contribution is -2.35. The lowest BCUT2D eigenvalue weighted by molar-refractivity contribution is 0.588. The Morgan fingerprint density at radius 1 is 0.739 bits per heavy atom. The molecule has 0 aliphatic heterocycles. The monoisotopic (exact) mass is 337 g/mol. The average Bonchev–Trinajstić information content (AvgIpc) is 3.06. The maximum Gasteiger partial charge on any atom is 0.150 e. The van der Waals surface area contributed by atoms with Crippen molar-refractivity contribution < 1.29 is 4.57 Å². The summed E-state index contributed by atoms with van der Waals surface area (Å²) >= 11 is 0. The van der Waals surface area contributed by atoms with E-state index < -0.39 is 15.2 Å². The maximum atomic E-state index is 14.4. The molecule has 1 fully saturated rings. The lowest BCUT2D eigenvalue weighted by Gasteiger charge is -2.35. The van der Waals surface area contributed by atoms with Crippen LogP contribution in [0, 0.1) is 30.5 Å². The van der Waals surface area contributed by atoms with Gasteiger partial charge in [0.05, 0.1) is 13.7 Å². The van der Waals surface area contributed by atoms with E-state index in [1.54, 1.807) is 0 Å². The van der Waals surface area contributed by atoms with Crippen LogP contribution in [0.2, 0.25) is 19.6 Å². The highest BCUT2D eigenvalue weighted by atomic mass is 31.2. The Morgan fingerprint density at radius 2 is 1.22 bits per heavy atom. The van der Waals surface area contributed by atoms with Crippen molar-refractivity contribution in [1.29, 1.82) is 0 Å². The molecule has 117 valence electrons. The first-order valence-corrected chi connectivity index (χ1v) is 13.1. The van der Waals surface area contributed by atoms with E-state index in [-0.39, 0.29) is 0 Å². The van der Waals surface area contributed by atoms with Crippen molar-refractivity contribution in [3.63, 3.8) is 0 Å². The molecule has 0 amide bonds. The molecule has 1 aliphatic rings. The van der Waals surface area contributed by atoms with Gasteiger partial charge in [0.1, 0.15) is 0 Å². The van der Waals surface area contributed by atoms with Crippen LogP contribution >= 0.6 is 7.14 Å². The molecule has 5 radical (unpaired) electrons. The van der Waals surface area contributed by atoms with Gasteiger partial charge < -0.3 is 4.57 Å². The van der Waals surface area contributed by atoms with Crippen molar-refractivity contribution in [2.45, 2.75) is 19.6 Å². The topological polar surface area (TPSA) is 17.1 Å². The second-order valence-corrected chi connectivity index (χ2v) is 14.6. The van der Waals surface area contributed by atoms with Crippen molar-refractivity contribution in [2.75, 3.05) is 0 Å². The predicted octanol–water partition coefficient (Wildman–Crippen LogP) is 4.61. The minimum Gasteiger partial charge on any atom is -0.313 e. The number of benzene rings is 2. The Morgan fingerprint density at radius 3 is 1.65 bits per heavy atom. The van der Waals surface area contributed by atoms with Gasteiger partial charge in [-0.15, -0.1) is 0 Å². The molecule has 0 saturated heterocycles. The fraction of sp³-hybridized carbons (Fsp3) is 0.150. The molecular formula is C20H22OPSi. The van der Waals surface area contributed by atoms with Gasteiger partial charge >= 0.3 is 0 Å². The first-order valence-electron chi connectivity index (χ1n) is 7.92. The Labute approximate surface area is 141 Å². The van der Waals surface area contributed by atoms with Gasteiger partial charge in [-0.2, -0.15) is 0 Å². The van der Waals surface area contributed by atoms with Gasteiger partial charge in [-0.1, -0.05) is 80.3 Å². The molecule has 0 bridgehead atoms. The van der Waals surface area contributed by atoms with Crippen LogP contribution in [0.3, 0.4) is 0 Å². The molecule has 2 aromatic rings. The summed E-state index contributed by atoms with van der Waals surface area (Å²) in [5.74, 6) is 0. The minimum absolute atomic E-state index is 0.914. The zero-order valence-electron chi connectivity index (χ0n) is 13.9. The van der Waals surface area contributed by atoms with Crippen molar-refractivity contribution in [3.05, 3.63) is 91.1 Å². The van der Waals surface area contributed by atoms with E-state index in [0.29, 0.717) is 0 Å². The molecule has 1 saturated carbocycles. The van der Waals surface area contributed by atoms with E-state index in [9.17, 15) is 4.57 Å². The van der Waals surface area contributed by atoms with Crippen molar-refractivity contribution >= 4 is 25.8 Å². The molecular weight excluding hydrogens is 315 g/mol. The summed E-state index contributed by atoms with van der Waals surface area (Å²) < 4.78 is 14.4. The third-order valence-corrected chi connectivity index (χ3v) is 9.56. The highest BCUT2D eigenvalue weighted by Gasteiger charge is 2.49. The smallest absolute Gasteiger partial charge is 0.150 e. The molecule has 3 heteroatoms. The van der Waals surface area contributed by atoms with Gasteiger partial charge in [0.25, 0.3) is 0 Å². The van der Waals surface area contributed by atoms with Crippen molar-refractivity contribution in [2.24, 2.45) is 0 Å². The molecule has 1 aliphatic carbocycles. The second-order valence-electron chi connectivity index (χ2n) is 6.86. The molecule has 0 heterocycles. The van der Waals surface area contributed by atoms with Gasteiger partial charge in [0.2, 0.25) is 0 Å². The Hall–Kier alpha value is -1.11. The van der Waals surface area contributed by atoms with Gasteiger partial charge in [0, 0.05) is 10.6 Å². The van der Waals surface area contributed by atoms with Crippen LogP contribution in [0.1, 0.15) is 0 Å². The van der Waals surface area contributed by atoms with Crippen molar-refractivity contribution in [3.8, 4) is 0 Å². The Kier molecular flexibility index (Phi) is 4.67. The summed E-state index contributed by atoms with van der Waals surface area (Å²) in [4.78, 5) is 0. The molecule has 0 aromatic heterocycles. The molecule has 0 unspecified atom stereocenters. The third-order valence-electron chi connectivity index (χ3n) is 4.18. The van der Waals surface area contributed by atoms with E-state index in [2.05, 4.69) is 38.9 Å². The van der Waals surface area contributed by atoms with Crippen molar-refractivity contribution in [1.82, 2.24) is 0 Å². The zero-order chi connectivity index (χ0) is 16.5. The first kappa shape index (κ1) is 16.7. The highest BCUT2D eigenvalue weighted by Crippen LogP contribution is 2.63. The molecule has 3 rings (SSSR count). The summed E-state index contributed by atoms with van der Waals surface area (Å²) in [6.45, 7) is 6.94. The summed E-state index contributed by atoms with van der Waals surface area (Å²) in [5.41, 5.74) is 2.32. The lowest BCUT2D eigenvalue weighted by atomic mass is 10.3. The Balaban J connectivity index is 2.16. The van der Waals surface area contributed by atoms with Gasteiger partial charge in [-0.05, 0) is 24.8 Å².